The molecule has 4 aromatic rings. The first-order chi connectivity index (χ1) is 19.3. The van der Waals surface area contributed by atoms with Crippen LogP contribution in [0.2, 0.25) is 0 Å². The van der Waals surface area contributed by atoms with Crippen molar-refractivity contribution in [3.05, 3.63) is 54.5 Å². The van der Waals surface area contributed by atoms with Crippen LogP contribution in [-0.2, 0) is 14.8 Å². The average molecular weight is 571 g/mol. The van der Waals surface area contributed by atoms with E-state index in [4.69, 9.17) is 25.2 Å². The molecule has 0 bridgehead atoms. The van der Waals surface area contributed by atoms with E-state index in [0.717, 1.165) is 0 Å². The molecule has 3 heterocycles. The lowest BCUT2D eigenvalue weighted by Gasteiger charge is -2.29. The smallest absolute Gasteiger partial charge is 0.232 e. The molecule has 0 saturated carbocycles. The molecule has 3 N–H and O–H groups in total. The normalized spacial score (nSPS) is 13.9. The minimum absolute atomic E-state index is 0.144. The fraction of sp³-hybridized carbons (Fsp3) is 0.296. The Hall–Kier alpha value is -4.10. The maximum atomic E-state index is 15.7. The molecule has 2 aromatic heterocycles. The summed E-state index contributed by atoms with van der Waals surface area (Å²) in [5.74, 6) is 0.554. The van der Waals surface area contributed by atoms with E-state index < -0.39 is 28.3 Å². The predicted octanol–water partition coefficient (Wildman–Crippen LogP) is 4.03. The number of nitrogens with two attached hydrogens (primary N) is 1. The number of nitrogens with zero attached hydrogens (tertiary/aromatic N) is 4. The number of nitrogens with one attached hydrogen (secondary N) is 1. The maximum absolute atomic E-state index is 15.7. The van der Waals surface area contributed by atoms with Gasteiger partial charge in [-0.3, -0.25) is 9.11 Å². The number of sulfonamides is 1. The van der Waals surface area contributed by atoms with E-state index in [-0.39, 0.29) is 17.7 Å². The summed E-state index contributed by atoms with van der Waals surface area (Å²) in [5, 5.41) is 0.622. The fourth-order valence-corrected chi connectivity index (χ4v) is 5.56. The molecule has 0 amide bonds. The Balaban J connectivity index is 1.66. The van der Waals surface area contributed by atoms with Gasteiger partial charge in [0.25, 0.3) is 0 Å². The van der Waals surface area contributed by atoms with E-state index in [1.807, 2.05) is 0 Å². The third-order valence-electron chi connectivity index (χ3n) is 6.44. The van der Waals surface area contributed by atoms with Gasteiger partial charge in [-0.05, 0) is 42.3 Å². The minimum atomic E-state index is -3.93. The molecule has 0 atom stereocenters. The van der Waals surface area contributed by atoms with Crippen LogP contribution in [0.25, 0.3) is 33.4 Å². The number of alkyl halides is 1. The van der Waals surface area contributed by atoms with Crippen LogP contribution >= 0.6 is 0 Å². The molecule has 0 unspecified atom stereocenters. The molecule has 5 rings (SSSR count). The number of halogens is 2. The lowest BCUT2D eigenvalue weighted by molar-refractivity contribution is 0.122. The van der Waals surface area contributed by atoms with Crippen LogP contribution in [0.5, 0.6) is 5.75 Å². The number of nitrogen functional groups attached to an aromatic ring is 1. The summed E-state index contributed by atoms with van der Waals surface area (Å²) in [6.07, 6.45) is 1.41. The van der Waals surface area contributed by atoms with E-state index in [9.17, 15) is 12.8 Å². The van der Waals surface area contributed by atoms with Gasteiger partial charge in [0, 0.05) is 35.8 Å². The highest BCUT2D eigenvalue weighted by molar-refractivity contribution is 7.92. The Morgan fingerprint density at radius 1 is 1.12 bits per heavy atom. The first-order valence-corrected chi connectivity index (χ1v) is 14.2. The number of aromatic nitrogens is 3. The molecule has 1 aliphatic rings. The second-order valence-electron chi connectivity index (χ2n) is 9.15. The molecule has 0 radical (unpaired) electrons. The molecule has 1 aliphatic heterocycles. The number of benzene rings is 2. The van der Waals surface area contributed by atoms with Gasteiger partial charge in [0.2, 0.25) is 10.0 Å². The molecule has 0 spiro atoms. The van der Waals surface area contributed by atoms with Crippen LogP contribution in [-0.4, -0.2) is 69.2 Å². The largest absolute Gasteiger partial charge is 0.494 e. The van der Waals surface area contributed by atoms with Crippen molar-refractivity contribution >= 4 is 38.2 Å². The average Bonchev–Trinajstić information content (AvgIpc) is 2.97. The van der Waals surface area contributed by atoms with Crippen molar-refractivity contribution in [3.8, 4) is 28.3 Å². The van der Waals surface area contributed by atoms with Crippen LogP contribution in [0.3, 0.4) is 0 Å². The number of pyridine rings is 1. The van der Waals surface area contributed by atoms with Crippen molar-refractivity contribution in [1.82, 2.24) is 15.0 Å². The fourth-order valence-electron chi connectivity index (χ4n) is 4.48. The van der Waals surface area contributed by atoms with Crippen LogP contribution < -0.4 is 20.1 Å². The van der Waals surface area contributed by atoms with Crippen molar-refractivity contribution < 1.29 is 26.7 Å². The van der Waals surface area contributed by atoms with E-state index in [1.165, 1.54) is 13.2 Å². The molecule has 1 saturated heterocycles. The number of morpholine rings is 1. The zero-order valence-electron chi connectivity index (χ0n) is 21.7. The Labute approximate surface area is 230 Å². The van der Waals surface area contributed by atoms with E-state index in [0.29, 0.717) is 71.5 Å². The molecule has 40 heavy (non-hydrogen) atoms. The van der Waals surface area contributed by atoms with E-state index >= 15 is 4.39 Å². The summed E-state index contributed by atoms with van der Waals surface area (Å²) in [7, 11) is -2.44. The van der Waals surface area contributed by atoms with Crippen molar-refractivity contribution in [2.75, 3.05) is 61.2 Å². The highest BCUT2D eigenvalue weighted by Gasteiger charge is 2.23. The van der Waals surface area contributed by atoms with Gasteiger partial charge in [0.05, 0.1) is 38.4 Å². The zero-order valence-corrected chi connectivity index (χ0v) is 22.5. The Bertz CT molecular complexity index is 1630. The van der Waals surface area contributed by atoms with Crippen LogP contribution in [0.1, 0.15) is 6.42 Å². The number of fused-ring (bicyclic) bond motifs is 1. The summed E-state index contributed by atoms with van der Waals surface area (Å²) >= 11 is 0. The van der Waals surface area contributed by atoms with Crippen molar-refractivity contribution in [1.29, 1.82) is 0 Å². The van der Waals surface area contributed by atoms with Crippen molar-refractivity contribution in [3.63, 3.8) is 0 Å². The summed E-state index contributed by atoms with van der Waals surface area (Å²) in [6, 6.07) is 11.2. The Morgan fingerprint density at radius 2 is 1.93 bits per heavy atom. The SMILES string of the molecule is COc1cc(-c2cccc(NS(=O)(=O)CCCF)c2F)cc2c(N3CCOCC3)nc(-c3ccc(N)nc3)nc12. The highest BCUT2D eigenvalue weighted by atomic mass is 32.2. The van der Waals surface area contributed by atoms with Gasteiger partial charge in [-0.15, -0.1) is 0 Å². The predicted molar refractivity (Wildman–Crippen MR) is 150 cm³/mol. The second-order valence-corrected chi connectivity index (χ2v) is 11.0. The highest BCUT2D eigenvalue weighted by Crippen LogP contribution is 2.39. The topological polar surface area (TPSA) is 133 Å². The first kappa shape index (κ1) is 27.5. The molecular weight excluding hydrogens is 542 g/mol. The van der Waals surface area contributed by atoms with Gasteiger partial charge in [-0.25, -0.2) is 27.8 Å². The number of rotatable bonds is 9. The van der Waals surface area contributed by atoms with Gasteiger partial charge in [0.15, 0.2) is 11.6 Å². The van der Waals surface area contributed by atoms with E-state index in [1.54, 1.807) is 42.6 Å². The number of hydrogen-bond donors (Lipinski definition) is 2. The standard InChI is InChI=1S/C27H28F2N6O4S/c1-38-22-15-18(19-4-2-5-21(24(19)29)34-40(36,37)13-3-8-28)14-20-25(22)32-26(17-6-7-23(30)31-16-17)33-27(20)35-9-11-39-12-10-35/h2,4-7,14-16,34H,3,8-13H2,1H3,(H2,30,31). The lowest BCUT2D eigenvalue weighted by atomic mass is 10.0. The van der Waals surface area contributed by atoms with Gasteiger partial charge in [0.1, 0.15) is 22.9 Å². The molecule has 13 heteroatoms. The molecular formula is C27H28F2N6O4S. The monoisotopic (exact) mass is 570 g/mol. The summed E-state index contributed by atoms with van der Waals surface area (Å²) in [5.41, 5.74) is 7.29. The number of anilines is 3. The Kier molecular flexibility index (Phi) is 7.94. The summed E-state index contributed by atoms with van der Waals surface area (Å²) < 4.78 is 66.3. The van der Waals surface area contributed by atoms with Gasteiger partial charge < -0.3 is 20.1 Å². The second kappa shape index (κ2) is 11.6. The van der Waals surface area contributed by atoms with Crippen molar-refractivity contribution in [2.45, 2.75) is 6.42 Å². The van der Waals surface area contributed by atoms with Gasteiger partial charge >= 0.3 is 0 Å². The lowest BCUT2D eigenvalue weighted by Crippen LogP contribution is -2.37. The third-order valence-corrected chi connectivity index (χ3v) is 7.80. The molecule has 2 aromatic carbocycles. The molecule has 0 aliphatic carbocycles. The maximum Gasteiger partial charge on any atom is 0.232 e. The number of methoxy groups -OCH3 is 1. The van der Waals surface area contributed by atoms with Gasteiger partial charge in [-0.2, -0.15) is 0 Å². The van der Waals surface area contributed by atoms with Crippen LogP contribution in [0.15, 0.2) is 48.7 Å². The number of hydrogen-bond acceptors (Lipinski definition) is 9. The minimum Gasteiger partial charge on any atom is -0.494 e. The quantitative estimate of drug-likeness (QED) is 0.306. The summed E-state index contributed by atoms with van der Waals surface area (Å²) in [4.78, 5) is 15.8. The number of ether oxygens (including phenoxy) is 2. The summed E-state index contributed by atoms with van der Waals surface area (Å²) in [6.45, 7) is 1.41. The third kappa shape index (κ3) is 5.75. The van der Waals surface area contributed by atoms with E-state index in [2.05, 4.69) is 14.6 Å². The van der Waals surface area contributed by atoms with Crippen molar-refractivity contribution in [2.24, 2.45) is 0 Å². The molecule has 10 nitrogen and oxygen atoms in total. The molecule has 210 valence electrons. The van der Waals surface area contributed by atoms with Crippen LogP contribution in [0.4, 0.5) is 26.1 Å². The first-order valence-electron chi connectivity index (χ1n) is 12.6. The molecule has 1 fully saturated rings. The van der Waals surface area contributed by atoms with Gasteiger partial charge in [-0.1, -0.05) is 12.1 Å². The van der Waals surface area contributed by atoms with Crippen LogP contribution in [0, 0.1) is 5.82 Å². The Morgan fingerprint density at radius 3 is 2.62 bits per heavy atom. The zero-order chi connectivity index (χ0) is 28.3.